The molecule has 6 nitrogen and oxygen atoms in total. The molecule has 2 N–H and O–H groups in total. The first-order valence-corrected chi connectivity index (χ1v) is 6.09. The maximum Gasteiger partial charge on any atom is 0.153 e. The van der Waals surface area contributed by atoms with Gasteiger partial charge in [-0.15, -0.1) is 0 Å². The van der Waals surface area contributed by atoms with Crippen molar-refractivity contribution in [2.75, 3.05) is 17.2 Å². The van der Waals surface area contributed by atoms with Gasteiger partial charge in [-0.2, -0.15) is 5.10 Å². The van der Waals surface area contributed by atoms with Crippen molar-refractivity contribution in [1.29, 1.82) is 0 Å². The van der Waals surface area contributed by atoms with Crippen LogP contribution in [0.4, 0.5) is 17.5 Å². The van der Waals surface area contributed by atoms with Gasteiger partial charge in [0.25, 0.3) is 0 Å². The van der Waals surface area contributed by atoms with E-state index in [2.05, 4.69) is 32.6 Å². The van der Waals surface area contributed by atoms with Crippen LogP contribution < -0.4 is 10.6 Å². The van der Waals surface area contributed by atoms with E-state index in [0.717, 1.165) is 36.0 Å². The fourth-order valence-electron chi connectivity index (χ4n) is 1.78. The van der Waals surface area contributed by atoms with Gasteiger partial charge in [0.1, 0.15) is 18.0 Å². The van der Waals surface area contributed by atoms with E-state index in [-0.39, 0.29) is 0 Å². The number of nitrogens with one attached hydrogen (secondary N) is 2. The maximum atomic E-state index is 4.29. The van der Waals surface area contributed by atoms with Gasteiger partial charge in [-0.25, -0.2) is 9.97 Å². The Bertz CT molecular complexity index is 519. The topological polar surface area (TPSA) is 67.7 Å². The lowest BCUT2D eigenvalue weighted by Crippen LogP contribution is -2.07. The lowest BCUT2D eigenvalue weighted by Gasteiger charge is -2.12. The fourth-order valence-corrected chi connectivity index (χ4v) is 1.78. The van der Waals surface area contributed by atoms with Gasteiger partial charge in [-0.05, 0) is 13.3 Å². The zero-order valence-electron chi connectivity index (χ0n) is 10.9. The number of nitrogens with zero attached hydrogens (tertiary/aromatic N) is 4. The molecule has 2 aromatic heterocycles. The predicted molar refractivity (Wildman–Crippen MR) is 72.1 cm³/mol. The van der Waals surface area contributed by atoms with Crippen molar-refractivity contribution in [1.82, 2.24) is 19.7 Å². The molecule has 96 valence electrons. The van der Waals surface area contributed by atoms with Gasteiger partial charge < -0.3 is 10.6 Å². The molecule has 6 heteroatoms. The summed E-state index contributed by atoms with van der Waals surface area (Å²) >= 11 is 0. The van der Waals surface area contributed by atoms with Crippen LogP contribution in [0, 0.1) is 0 Å². The molecule has 0 aliphatic rings. The summed E-state index contributed by atoms with van der Waals surface area (Å²) in [4.78, 5) is 8.54. The second-order valence-electron chi connectivity index (χ2n) is 3.93. The maximum absolute atomic E-state index is 4.29. The van der Waals surface area contributed by atoms with E-state index in [1.54, 1.807) is 11.0 Å². The largest absolute Gasteiger partial charge is 0.370 e. The average molecular weight is 246 g/mol. The molecule has 0 aliphatic heterocycles. The van der Waals surface area contributed by atoms with Crippen LogP contribution in [0.25, 0.3) is 0 Å². The number of anilines is 3. The van der Waals surface area contributed by atoms with Crippen molar-refractivity contribution in [3.8, 4) is 0 Å². The minimum Gasteiger partial charge on any atom is -0.370 e. The van der Waals surface area contributed by atoms with Crippen LogP contribution >= 0.6 is 0 Å². The average Bonchev–Trinajstić information content (AvgIpc) is 2.76. The molecule has 0 bridgehead atoms. The van der Waals surface area contributed by atoms with Crippen molar-refractivity contribution in [3.05, 3.63) is 24.2 Å². The Morgan fingerprint density at radius 1 is 1.22 bits per heavy atom. The van der Waals surface area contributed by atoms with Crippen LogP contribution in [0.15, 0.2) is 18.6 Å². The normalized spacial score (nSPS) is 10.4. The standard InChI is InChI=1S/C12H18N6/c1-4-9-11(13-5-2)14-8-15-12(9)16-10-6-7-18(3)17-10/h6-8H,4-5H2,1-3H3,(H2,13,14,15,16,17). The molecule has 0 atom stereocenters. The third kappa shape index (κ3) is 2.58. The van der Waals surface area contributed by atoms with E-state index in [9.17, 15) is 0 Å². The van der Waals surface area contributed by atoms with Crippen LogP contribution in [0.2, 0.25) is 0 Å². The predicted octanol–water partition coefficient (Wildman–Crippen LogP) is 1.95. The molecule has 0 aliphatic carbocycles. The fraction of sp³-hybridized carbons (Fsp3) is 0.417. The molecular weight excluding hydrogens is 228 g/mol. The molecule has 2 heterocycles. The Kier molecular flexibility index (Phi) is 3.76. The molecule has 0 aromatic carbocycles. The summed E-state index contributed by atoms with van der Waals surface area (Å²) in [6.45, 7) is 4.98. The van der Waals surface area contributed by atoms with Gasteiger partial charge in [-0.1, -0.05) is 6.92 Å². The summed E-state index contributed by atoms with van der Waals surface area (Å²) in [6, 6.07) is 1.91. The van der Waals surface area contributed by atoms with E-state index < -0.39 is 0 Å². The third-order valence-corrected chi connectivity index (χ3v) is 2.60. The quantitative estimate of drug-likeness (QED) is 0.844. The molecule has 0 fully saturated rings. The second-order valence-corrected chi connectivity index (χ2v) is 3.93. The van der Waals surface area contributed by atoms with Gasteiger partial charge in [0.15, 0.2) is 5.82 Å². The smallest absolute Gasteiger partial charge is 0.153 e. The first-order valence-electron chi connectivity index (χ1n) is 6.09. The molecular formula is C12H18N6. The van der Waals surface area contributed by atoms with Crippen LogP contribution in [-0.4, -0.2) is 26.3 Å². The Hall–Kier alpha value is -2.11. The first-order chi connectivity index (χ1) is 8.74. The summed E-state index contributed by atoms with van der Waals surface area (Å²) < 4.78 is 1.75. The molecule has 2 rings (SSSR count). The van der Waals surface area contributed by atoms with Crippen molar-refractivity contribution < 1.29 is 0 Å². The lowest BCUT2D eigenvalue weighted by molar-refractivity contribution is 0.771. The summed E-state index contributed by atoms with van der Waals surface area (Å²) in [7, 11) is 1.88. The molecule has 0 amide bonds. The summed E-state index contributed by atoms with van der Waals surface area (Å²) in [6.07, 6.45) is 4.31. The van der Waals surface area contributed by atoms with Crippen LogP contribution in [0.3, 0.4) is 0 Å². The molecule has 0 saturated heterocycles. The number of rotatable bonds is 5. The Morgan fingerprint density at radius 3 is 2.61 bits per heavy atom. The van der Waals surface area contributed by atoms with Crippen molar-refractivity contribution in [3.63, 3.8) is 0 Å². The molecule has 2 aromatic rings. The Morgan fingerprint density at radius 2 is 2.00 bits per heavy atom. The van der Waals surface area contributed by atoms with Gasteiger partial charge in [-0.3, -0.25) is 4.68 Å². The summed E-state index contributed by atoms with van der Waals surface area (Å²) in [5.41, 5.74) is 1.07. The first kappa shape index (κ1) is 12.3. The summed E-state index contributed by atoms with van der Waals surface area (Å²) in [5.74, 6) is 2.48. The van der Waals surface area contributed by atoms with Gasteiger partial charge in [0.2, 0.25) is 0 Å². The monoisotopic (exact) mass is 246 g/mol. The van der Waals surface area contributed by atoms with Crippen LogP contribution in [0.1, 0.15) is 19.4 Å². The molecule has 0 radical (unpaired) electrons. The van der Waals surface area contributed by atoms with E-state index >= 15 is 0 Å². The van der Waals surface area contributed by atoms with Crippen LogP contribution in [0.5, 0.6) is 0 Å². The van der Waals surface area contributed by atoms with Crippen molar-refractivity contribution in [2.45, 2.75) is 20.3 Å². The molecule has 0 saturated carbocycles. The van der Waals surface area contributed by atoms with Gasteiger partial charge in [0, 0.05) is 31.4 Å². The number of hydrogen-bond acceptors (Lipinski definition) is 5. The van der Waals surface area contributed by atoms with E-state index in [4.69, 9.17) is 0 Å². The zero-order valence-corrected chi connectivity index (χ0v) is 10.9. The Labute approximate surface area is 106 Å². The minimum atomic E-state index is 0.786. The molecule has 18 heavy (non-hydrogen) atoms. The highest BCUT2D eigenvalue weighted by molar-refractivity contribution is 5.62. The van der Waals surface area contributed by atoms with Gasteiger partial charge >= 0.3 is 0 Å². The highest BCUT2D eigenvalue weighted by Gasteiger charge is 2.10. The SMILES string of the molecule is CCNc1ncnc(Nc2ccn(C)n2)c1CC. The second kappa shape index (κ2) is 5.48. The minimum absolute atomic E-state index is 0.786. The number of aryl methyl sites for hydroxylation is 1. The van der Waals surface area contributed by atoms with Crippen LogP contribution in [-0.2, 0) is 13.5 Å². The zero-order chi connectivity index (χ0) is 13.0. The number of aromatic nitrogens is 4. The molecule has 0 unspecified atom stereocenters. The highest BCUT2D eigenvalue weighted by atomic mass is 15.3. The van der Waals surface area contributed by atoms with E-state index in [0.29, 0.717) is 0 Å². The third-order valence-electron chi connectivity index (χ3n) is 2.60. The van der Waals surface area contributed by atoms with Crippen molar-refractivity contribution >= 4 is 17.5 Å². The van der Waals surface area contributed by atoms with Gasteiger partial charge in [0.05, 0.1) is 0 Å². The van der Waals surface area contributed by atoms with E-state index in [1.165, 1.54) is 0 Å². The highest BCUT2D eigenvalue weighted by Crippen LogP contribution is 2.22. The van der Waals surface area contributed by atoms with E-state index in [1.807, 2.05) is 26.2 Å². The lowest BCUT2D eigenvalue weighted by atomic mass is 10.2. The summed E-state index contributed by atoms with van der Waals surface area (Å²) in [5, 5.41) is 10.7. The van der Waals surface area contributed by atoms with Crippen molar-refractivity contribution in [2.24, 2.45) is 7.05 Å². The molecule has 0 spiro atoms. The Balaban J connectivity index is 2.29. The number of hydrogen-bond donors (Lipinski definition) is 2.